The number of hydrogen-bond donors (Lipinski definition) is 0. The highest BCUT2D eigenvalue weighted by atomic mass is 32.2. The molecular weight excluding hydrogens is 568 g/mol. The van der Waals surface area contributed by atoms with E-state index >= 15 is 0 Å². The summed E-state index contributed by atoms with van der Waals surface area (Å²) >= 11 is 3.63. The number of hydroxylamine groups is 2. The van der Waals surface area contributed by atoms with E-state index < -0.39 is 6.09 Å². The molecule has 2 aromatic carbocycles. The Labute approximate surface area is 248 Å². The van der Waals surface area contributed by atoms with Crippen LogP contribution < -0.4 is 28.5 Å². The van der Waals surface area contributed by atoms with Crippen LogP contribution in [0.4, 0.5) is 4.79 Å². The number of methoxy groups -OCH3 is 5. The normalized spacial score (nSPS) is 16.0. The van der Waals surface area contributed by atoms with Gasteiger partial charge in [-0.15, -0.1) is 28.6 Å². The smallest absolute Gasteiger partial charge is 0.443 e. The van der Waals surface area contributed by atoms with Crippen molar-refractivity contribution in [3.05, 3.63) is 65.5 Å². The third-order valence-electron chi connectivity index (χ3n) is 6.21. The standard InChI is InChI=1S/C29H34N2O8S2/c1-7-38-29(32)31(16-20-10-8-9-11-30-20)39-27-23(35-4)12-18(13-24(27)36-5)25-17-40-28(41-25)19-14-21(33-2)26(37-6)22(15-19)34-3/h8-15,25,28H,7,16-17H2,1-6H3/t25-,28+/m0/s1. The fraction of sp³-hybridized carbons (Fsp3) is 0.379. The Morgan fingerprint density at radius 1 is 0.878 bits per heavy atom. The number of amides is 1. The first-order valence-corrected chi connectivity index (χ1v) is 14.8. The van der Waals surface area contributed by atoms with Crippen molar-refractivity contribution in [3.63, 3.8) is 0 Å². The van der Waals surface area contributed by atoms with Crippen LogP contribution >= 0.6 is 23.5 Å². The summed E-state index contributed by atoms with van der Waals surface area (Å²) in [5.74, 6) is 3.77. The van der Waals surface area contributed by atoms with Crippen LogP contribution in [0.15, 0.2) is 48.7 Å². The summed E-state index contributed by atoms with van der Waals surface area (Å²) in [6.07, 6.45) is 0.999. The van der Waals surface area contributed by atoms with Crippen molar-refractivity contribution in [2.24, 2.45) is 0 Å². The van der Waals surface area contributed by atoms with E-state index in [1.807, 2.05) is 42.1 Å². The number of pyridine rings is 1. The number of nitrogens with zero attached hydrogens (tertiary/aromatic N) is 2. The van der Waals surface area contributed by atoms with Crippen LogP contribution in [0, 0.1) is 0 Å². The van der Waals surface area contributed by atoms with E-state index in [9.17, 15) is 4.79 Å². The molecule has 2 heterocycles. The van der Waals surface area contributed by atoms with Crippen molar-refractivity contribution in [1.29, 1.82) is 0 Å². The molecule has 12 heteroatoms. The minimum atomic E-state index is -0.651. The number of rotatable bonds is 12. The molecule has 0 spiro atoms. The van der Waals surface area contributed by atoms with Crippen molar-refractivity contribution >= 4 is 29.6 Å². The number of benzene rings is 2. The van der Waals surface area contributed by atoms with Gasteiger partial charge in [0.25, 0.3) is 0 Å². The van der Waals surface area contributed by atoms with Gasteiger partial charge in [-0.3, -0.25) is 4.98 Å². The number of carbonyl (C=O) groups is 1. The lowest BCUT2D eigenvalue weighted by atomic mass is 10.1. The summed E-state index contributed by atoms with van der Waals surface area (Å²) in [5, 5.41) is 1.24. The lowest BCUT2D eigenvalue weighted by Gasteiger charge is -2.24. The average Bonchev–Trinajstić information content (AvgIpc) is 3.51. The molecule has 1 aliphatic heterocycles. The molecule has 0 aliphatic carbocycles. The molecule has 1 fully saturated rings. The average molecular weight is 603 g/mol. The van der Waals surface area contributed by atoms with E-state index in [4.69, 9.17) is 33.3 Å². The molecule has 0 radical (unpaired) electrons. The lowest BCUT2D eigenvalue weighted by Crippen LogP contribution is -2.34. The first-order chi connectivity index (χ1) is 20.0. The van der Waals surface area contributed by atoms with E-state index in [0.29, 0.717) is 34.4 Å². The molecular formula is C29H34N2O8S2. The Balaban J connectivity index is 1.60. The minimum absolute atomic E-state index is 0.0688. The predicted octanol–water partition coefficient (Wildman–Crippen LogP) is 6.30. The van der Waals surface area contributed by atoms with Crippen molar-refractivity contribution in [2.45, 2.75) is 23.3 Å². The highest BCUT2D eigenvalue weighted by Crippen LogP contribution is 2.58. The zero-order chi connectivity index (χ0) is 29.4. The van der Waals surface area contributed by atoms with E-state index in [-0.39, 0.29) is 28.7 Å². The Morgan fingerprint density at radius 3 is 2.02 bits per heavy atom. The van der Waals surface area contributed by atoms with Gasteiger partial charge in [-0.2, -0.15) is 0 Å². The van der Waals surface area contributed by atoms with Crippen molar-refractivity contribution in [3.8, 4) is 34.5 Å². The predicted molar refractivity (Wildman–Crippen MR) is 159 cm³/mol. The molecule has 0 N–H and O–H groups in total. The van der Waals surface area contributed by atoms with Crippen LogP contribution in [0.3, 0.4) is 0 Å². The van der Waals surface area contributed by atoms with Gasteiger partial charge in [0.2, 0.25) is 11.5 Å². The molecule has 4 rings (SSSR count). The van der Waals surface area contributed by atoms with E-state index in [0.717, 1.165) is 21.9 Å². The van der Waals surface area contributed by atoms with Gasteiger partial charge < -0.3 is 33.3 Å². The van der Waals surface area contributed by atoms with E-state index in [2.05, 4.69) is 4.98 Å². The van der Waals surface area contributed by atoms with Gasteiger partial charge in [-0.1, -0.05) is 6.07 Å². The summed E-state index contributed by atoms with van der Waals surface area (Å²) < 4.78 is 33.4. The molecule has 1 aromatic heterocycles. The fourth-order valence-electron chi connectivity index (χ4n) is 4.24. The third-order valence-corrected chi connectivity index (χ3v) is 9.55. The van der Waals surface area contributed by atoms with Crippen LogP contribution in [0.1, 0.15) is 33.6 Å². The topological polar surface area (TPSA) is 97.8 Å². The third kappa shape index (κ3) is 6.99. The molecule has 41 heavy (non-hydrogen) atoms. The van der Waals surface area contributed by atoms with Gasteiger partial charge in [0.1, 0.15) is 6.54 Å². The first-order valence-electron chi connectivity index (χ1n) is 12.8. The second kappa shape index (κ2) is 14.3. The molecule has 0 saturated carbocycles. The Kier molecular flexibility index (Phi) is 10.6. The van der Waals surface area contributed by atoms with Crippen molar-refractivity contribution < 1.29 is 38.1 Å². The summed E-state index contributed by atoms with van der Waals surface area (Å²) in [5.41, 5.74) is 2.70. The van der Waals surface area contributed by atoms with Crippen LogP contribution in [0.2, 0.25) is 0 Å². The molecule has 2 atom stereocenters. The van der Waals surface area contributed by atoms with Crippen LogP contribution in [-0.4, -0.2) is 64.0 Å². The number of aromatic nitrogens is 1. The quantitative estimate of drug-likeness (QED) is 0.219. The largest absolute Gasteiger partial charge is 0.493 e. The maximum atomic E-state index is 12.8. The van der Waals surface area contributed by atoms with Crippen LogP contribution in [-0.2, 0) is 11.3 Å². The molecule has 1 saturated heterocycles. The first kappa shape index (κ1) is 30.3. The SMILES string of the molecule is CCOC(=O)N(Cc1ccccn1)Oc1c(OC)cc([C@@H]2CS[C@@H](c3cc(OC)c(OC)c(OC)c3)S2)cc1OC. The Bertz CT molecular complexity index is 1280. The molecule has 3 aromatic rings. The van der Waals surface area contributed by atoms with Gasteiger partial charge in [0.15, 0.2) is 23.0 Å². The highest BCUT2D eigenvalue weighted by Gasteiger charge is 2.32. The maximum absolute atomic E-state index is 12.8. The second-order valence-corrected chi connectivity index (χ2v) is 11.4. The summed E-state index contributed by atoms with van der Waals surface area (Å²) in [6, 6.07) is 13.2. The monoisotopic (exact) mass is 602 g/mol. The number of ether oxygens (including phenoxy) is 6. The molecule has 220 valence electrons. The van der Waals surface area contributed by atoms with Crippen LogP contribution in [0.25, 0.3) is 0 Å². The van der Waals surface area contributed by atoms with Crippen molar-refractivity contribution in [2.75, 3.05) is 47.9 Å². The number of thioether (sulfide) groups is 2. The summed E-state index contributed by atoms with van der Waals surface area (Å²) in [4.78, 5) is 23.1. The second-order valence-electron chi connectivity index (χ2n) is 8.65. The Morgan fingerprint density at radius 2 is 1.49 bits per heavy atom. The van der Waals surface area contributed by atoms with Gasteiger partial charge in [-0.25, -0.2) is 4.79 Å². The molecule has 0 unspecified atom stereocenters. The molecule has 1 amide bonds. The Hall–Kier alpha value is -3.64. The number of hydrogen-bond acceptors (Lipinski definition) is 11. The van der Waals surface area contributed by atoms with Crippen molar-refractivity contribution in [1.82, 2.24) is 10.0 Å². The summed E-state index contributed by atoms with van der Waals surface area (Å²) in [6.45, 7) is 1.99. The van der Waals surface area contributed by atoms with E-state index in [1.54, 1.807) is 72.6 Å². The fourth-order valence-corrected chi connectivity index (χ4v) is 7.50. The molecule has 1 aliphatic rings. The zero-order valence-corrected chi connectivity index (χ0v) is 25.5. The van der Waals surface area contributed by atoms with Crippen LogP contribution in [0.5, 0.6) is 34.5 Å². The molecule has 0 bridgehead atoms. The van der Waals surface area contributed by atoms with Gasteiger partial charge >= 0.3 is 6.09 Å². The van der Waals surface area contributed by atoms with Gasteiger partial charge in [0.05, 0.1) is 52.4 Å². The zero-order valence-electron chi connectivity index (χ0n) is 23.9. The summed E-state index contributed by atoms with van der Waals surface area (Å²) in [7, 11) is 7.91. The number of carbonyl (C=O) groups excluding carboxylic acids is 1. The highest BCUT2D eigenvalue weighted by molar-refractivity contribution is 8.19. The van der Waals surface area contributed by atoms with E-state index in [1.165, 1.54) is 0 Å². The van der Waals surface area contributed by atoms with Gasteiger partial charge in [0, 0.05) is 17.2 Å². The minimum Gasteiger partial charge on any atom is -0.493 e. The lowest BCUT2D eigenvalue weighted by molar-refractivity contribution is -0.0573. The molecule has 10 nitrogen and oxygen atoms in total. The van der Waals surface area contributed by atoms with Gasteiger partial charge in [-0.05, 0) is 54.4 Å². The maximum Gasteiger partial charge on any atom is 0.443 e.